The largest absolute Gasteiger partial charge is 0.259 e. The molecule has 1 fully saturated rings. The van der Waals surface area contributed by atoms with Crippen LogP contribution in [0.25, 0.3) is 0 Å². The smallest absolute Gasteiger partial charge is 0.0428 e. The van der Waals surface area contributed by atoms with Gasteiger partial charge in [0.05, 0.1) is 0 Å². The van der Waals surface area contributed by atoms with Gasteiger partial charge >= 0.3 is 0 Å². The molecule has 0 aromatic rings. The third-order valence-corrected chi connectivity index (χ3v) is 3.90. The summed E-state index contributed by atoms with van der Waals surface area (Å²) in [5.41, 5.74) is 0. The Bertz CT molecular complexity index is 116. The summed E-state index contributed by atoms with van der Waals surface area (Å²) in [6.07, 6.45) is 5.40. The van der Waals surface area contributed by atoms with Gasteiger partial charge in [-0.1, -0.05) is 6.42 Å². The molecule has 0 amide bonds. The minimum absolute atomic E-state index is 0.194. The third kappa shape index (κ3) is 0.815. The number of hydrogen-bond acceptors (Lipinski definition) is 1. The van der Waals surface area contributed by atoms with Gasteiger partial charge in [0.1, 0.15) is 0 Å². The van der Waals surface area contributed by atoms with Crippen LogP contribution in [0.1, 0.15) is 26.2 Å². The van der Waals surface area contributed by atoms with Crippen molar-refractivity contribution < 1.29 is 4.21 Å². The molecule has 1 nitrogen and oxygen atoms in total. The van der Waals surface area contributed by atoms with Crippen LogP contribution in [0.15, 0.2) is 0 Å². The van der Waals surface area contributed by atoms with Crippen LogP contribution in [-0.2, 0) is 10.8 Å². The first-order chi connectivity index (χ1) is 3.65. The molecule has 48 valence electrons. The number of rotatable bonds is 1. The van der Waals surface area contributed by atoms with Crippen LogP contribution < -0.4 is 0 Å². The Morgan fingerprint density at radius 1 is 1.50 bits per heavy atom. The molecule has 1 atom stereocenters. The second-order valence-corrected chi connectivity index (χ2v) is 4.65. The summed E-state index contributed by atoms with van der Waals surface area (Å²) in [7, 11) is -0.589. The molecule has 0 aromatic heterocycles. The predicted molar refractivity (Wildman–Crippen MR) is 36.3 cm³/mol. The zero-order chi connectivity index (χ0) is 6.20. The summed E-state index contributed by atoms with van der Waals surface area (Å²) < 4.78 is 11.1. The molecule has 2 heteroatoms. The van der Waals surface area contributed by atoms with Crippen LogP contribution in [0.5, 0.6) is 0 Å². The van der Waals surface area contributed by atoms with Crippen molar-refractivity contribution in [3.8, 4) is 0 Å². The number of hydrogen-bond donors (Lipinski definition) is 0. The molecule has 0 aliphatic heterocycles. The van der Waals surface area contributed by atoms with E-state index in [-0.39, 0.29) is 4.75 Å². The van der Waals surface area contributed by atoms with E-state index >= 15 is 0 Å². The van der Waals surface area contributed by atoms with Gasteiger partial charge in [-0.25, -0.2) is 0 Å². The van der Waals surface area contributed by atoms with Crippen molar-refractivity contribution in [3.05, 3.63) is 0 Å². The standard InChI is InChI=1S/C6H12OS/c1-6(8(2)7)4-3-5-6/h3-5H2,1-2H3. The van der Waals surface area contributed by atoms with E-state index in [9.17, 15) is 4.21 Å². The van der Waals surface area contributed by atoms with Gasteiger partial charge in [-0.05, 0) is 19.8 Å². The van der Waals surface area contributed by atoms with Crippen molar-refractivity contribution in [3.63, 3.8) is 0 Å². The van der Waals surface area contributed by atoms with Crippen LogP contribution in [-0.4, -0.2) is 15.2 Å². The molecule has 0 heterocycles. The Morgan fingerprint density at radius 3 is 2.00 bits per heavy atom. The Kier molecular flexibility index (Phi) is 1.44. The van der Waals surface area contributed by atoms with Crippen LogP contribution >= 0.6 is 0 Å². The summed E-state index contributed by atoms with van der Waals surface area (Å²) in [4.78, 5) is 0. The normalized spacial score (nSPS) is 28.8. The van der Waals surface area contributed by atoms with Crippen LogP contribution in [0.3, 0.4) is 0 Å². The molecule has 0 bridgehead atoms. The summed E-state index contributed by atoms with van der Waals surface area (Å²) >= 11 is 0. The molecule has 1 saturated carbocycles. The molecule has 0 aromatic carbocycles. The van der Waals surface area contributed by atoms with Gasteiger partial charge in [0, 0.05) is 21.8 Å². The molecular formula is C6H12OS. The molecule has 0 saturated heterocycles. The van der Waals surface area contributed by atoms with Crippen molar-refractivity contribution in [1.82, 2.24) is 0 Å². The average Bonchev–Trinajstić information content (AvgIpc) is 1.60. The maximum atomic E-state index is 10.9. The molecule has 1 rings (SSSR count). The first-order valence-corrected chi connectivity index (χ1v) is 4.54. The Morgan fingerprint density at radius 2 is 2.00 bits per heavy atom. The summed E-state index contributed by atoms with van der Waals surface area (Å²) in [6.45, 7) is 2.10. The van der Waals surface area contributed by atoms with Gasteiger partial charge in [-0.3, -0.25) is 4.21 Å². The fraction of sp³-hybridized carbons (Fsp3) is 1.00. The van der Waals surface area contributed by atoms with Crippen molar-refractivity contribution in [2.75, 3.05) is 6.26 Å². The minimum atomic E-state index is -0.589. The molecule has 1 aliphatic rings. The Balaban J connectivity index is 2.53. The molecule has 1 unspecified atom stereocenters. The highest BCUT2D eigenvalue weighted by molar-refractivity contribution is 7.85. The van der Waals surface area contributed by atoms with Crippen molar-refractivity contribution in [2.45, 2.75) is 30.9 Å². The lowest BCUT2D eigenvalue weighted by Gasteiger charge is -2.35. The van der Waals surface area contributed by atoms with Gasteiger partial charge in [0.2, 0.25) is 0 Å². The zero-order valence-electron chi connectivity index (χ0n) is 5.44. The van der Waals surface area contributed by atoms with Crippen LogP contribution in [0.4, 0.5) is 0 Å². The van der Waals surface area contributed by atoms with E-state index in [1.165, 1.54) is 6.42 Å². The molecular weight excluding hydrogens is 120 g/mol. The lowest BCUT2D eigenvalue weighted by Crippen LogP contribution is -2.37. The molecule has 1 aliphatic carbocycles. The highest BCUT2D eigenvalue weighted by Gasteiger charge is 2.35. The van der Waals surface area contributed by atoms with Crippen LogP contribution in [0.2, 0.25) is 0 Å². The summed E-state index contributed by atoms with van der Waals surface area (Å²) in [5, 5.41) is 0. The van der Waals surface area contributed by atoms with E-state index in [2.05, 4.69) is 6.92 Å². The van der Waals surface area contributed by atoms with Gasteiger partial charge in [0.15, 0.2) is 0 Å². The van der Waals surface area contributed by atoms with E-state index in [0.29, 0.717) is 0 Å². The van der Waals surface area contributed by atoms with Crippen LogP contribution in [0, 0.1) is 0 Å². The third-order valence-electron chi connectivity index (χ3n) is 2.11. The Labute approximate surface area is 52.9 Å². The van der Waals surface area contributed by atoms with Crippen molar-refractivity contribution in [2.24, 2.45) is 0 Å². The van der Waals surface area contributed by atoms with Gasteiger partial charge in [-0.15, -0.1) is 0 Å². The minimum Gasteiger partial charge on any atom is -0.259 e. The quantitative estimate of drug-likeness (QED) is 0.525. The molecule has 0 N–H and O–H groups in total. The maximum Gasteiger partial charge on any atom is 0.0428 e. The fourth-order valence-electron chi connectivity index (χ4n) is 0.962. The second kappa shape index (κ2) is 1.83. The highest BCUT2D eigenvalue weighted by atomic mass is 32.2. The molecule has 0 spiro atoms. The first kappa shape index (κ1) is 6.27. The van der Waals surface area contributed by atoms with Gasteiger partial charge < -0.3 is 0 Å². The summed E-state index contributed by atoms with van der Waals surface area (Å²) in [5.74, 6) is 0. The van der Waals surface area contributed by atoms with E-state index in [1.54, 1.807) is 6.26 Å². The lowest BCUT2D eigenvalue weighted by molar-refractivity contribution is 0.381. The maximum absolute atomic E-state index is 10.9. The van der Waals surface area contributed by atoms with Crippen molar-refractivity contribution >= 4 is 10.8 Å². The SMILES string of the molecule is CS(=O)C1(C)CCC1. The molecule has 8 heavy (non-hydrogen) atoms. The second-order valence-electron chi connectivity index (χ2n) is 2.76. The lowest BCUT2D eigenvalue weighted by atomic mass is 9.86. The Hall–Kier alpha value is 0.150. The van der Waals surface area contributed by atoms with E-state index in [4.69, 9.17) is 0 Å². The summed E-state index contributed by atoms with van der Waals surface area (Å²) in [6, 6.07) is 0. The first-order valence-electron chi connectivity index (χ1n) is 2.99. The zero-order valence-corrected chi connectivity index (χ0v) is 6.25. The fourth-order valence-corrected chi connectivity index (χ4v) is 1.83. The highest BCUT2D eigenvalue weighted by Crippen LogP contribution is 2.35. The van der Waals surface area contributed by atoms with Gasteiger partial charge in [0.25, 0.3) is 0 Å². The van der Waals surface area contributed by atoms with E-state index < -0.39 is 10.8 Å². The average molecular weight is 132 g/mol. The molecule has 0 radical (unpaired) electrons. The topological polar surface area (TPSA) is 17.1 Å². The predicted octanol–water partition coefficient (Wildman–Crippen LogP) is 1.31. The van der Waals surface area contributed by atoms with Gasteiger partial charge in [-0.2, -0.15) is 0 Å². The van der Waals surface area contributed by atoms with E-state index in [0.717, 1.165) is 12.8 Å². The van der Waals surface area contributed by atoms with Crippen molar-refractivity contribution in [1.29, 1.82) is 0 Å². The monoisotopic (exact) mass is 132 g/mol. The van der Waals surface area contributed by atoms with E-state index in [1.807, 2.05) is 0 Å².